The summed E-state index contributed by atoms with van der Waals surface area (Å²) < 4.78 is 11.3. The van der Waals surface area contributed by atoms with Gasteiger partial charge in [-0.2, -0.15) is 0 Å². The third-order valence-corrected chi connectivity index (χ3v) is 2.28. The highest BCUT2D eigenvalue weighted by molar-refractivity contribution is 5.70. The Hall–Kier alpha value is -2.44. The van der Waals surface area contributed by atoms with Gasteiger partial charge in [0.2, 0.25) is 5.88 Å². The molecule has 2 aromatic heterocycles. The molecule has 0 aromatic carbocycles. The van der Waals surface area contributed by atoms with Gasteiger partial charge in [-0.15, -0.1) is 5.10 Å². The summed E-state index contributed by atoms with van der Waals surface area (Å²) >= 11 is 0. The first-order valence-corrected chi connectivity index (χ1v) is 5.19. The molecule has 7 nitrogen and oxygen atoms in total. The number of ether oxygens (including phenoxy) is 2. The van der Waals surface area contributed by atoms with E-state index in [1.165, 1.54) is 13.4 Å². The molecule has 2 aromatic rings. The van der Waals surface area contributed by atoms with Gasteiger partial charge in [-0.1, -0.05) is 0 Å². The molecule has 0 N–H and O–H groups in total. The lowest BCUT2D eigenvalue weighted by atomic mass is 10.2. The van der Waals surface area contributed by atoms with Crippen LogP contribution in [-0.2, 0) is 16.6 Å². The van der Waals surface area contributed by atoms with Gasteiger partial charge in [0.25, 0.3) is 0 Å². The van der Waals surface area contributed by atoms with Gasteiger partial charge in [0.15, 0.2) is 6.61 Å². The summed E-state index contributed by atoms with van der Waals surface area (Å²) in [6.07, 6.45) is 4.80. The number of carbonyl (C=O) groups is 1. The number of aryl methyl sites for hydroxylation is 1. The number of aromatic nitrogens is 4. The summed E-state index contributed by atoms with van der Waals surface area (Å²) in [4.78, 5) is 18.8. The zero-order valence-corrected chi connectivity index (χ0v) is 10.0. The van der Waals surface area contributed by atoms with Crippen LogP contribution in [-0.4, -0.2) is 39.4 Å². The molecule has 0 bridgehead atoms. The minimum atomic E-state index is -0.453. The Morgan fingerprint density at radius 2 is 2.11 bits per heavy atom. The summed E-state index contributed by atoms with van der Waals surface area (Å²) in [5.41, 5.74) is 1.62. The molecule has 94 valence electrons. The first-order valence-electron chi connectivity index (χ1n) is 5.19. The minimum Gasteiger partial charge on any atom is -0.466 e. The van der Waals surface area contributed by atoms with E-state index in [0.29, 0.717) is 5.88 Å². The zero-order valence-electron chi connectivity index (χ0n) is 10.0. The summed E-state index contributed by atoms with van der Waals surface area (Å²) in [5, 5.41) is 4.12. The number of carbonyl (C=O) groups excluding carboxylic acids is 1. The zero-order chi connectivity index (χ0) is 13.0. The maximum atomic E-state index is 10.9. The molecular weight excluding hydrogens is 236 g/mol. The van der Waals surface area contributed by atoms with Gasteiger partial charge >= 0.3 is 5.97 Å². The highest BCUT2D eigenvalue weighted by Crippen LogP contribution is 2.21. The van der Waals surface area contributed by atoms with E-state index in [2.05, 4.69) is 19.8 Å². The van der Waals surface area contributed by atoms with Gasteiger partial charge in [0.1, 0.15) is 6.33 Å². The molecule has 0 saturated carbocycles. The molecule has 18 heavy (non-hydrogen) atoms. The monoisotopic (exact) mass is 248 g/mol. The molecule has 0 aliphatic carbocycles. The largest absolute Gasteiger partial charge is 0.466 e. The summed E-state index contributed by atoms with van der Waals surface area (Å²) in [6.45, 7) is -0.168. The Labute approximate surface area is 103 Å². The van der Waals surface area contributed by atoms with E-state index < -0.39 is 5.97 Å². The maximum Gasteiger partial charge on any atom is 0.343 e. The molecule has 7 heteroatoms. The second-order valence-electron chi connectivity index (χ2n) is 3.48. The van der Waals surface area contributed by atoms with Gasteiger partial charge in [-0.3, -0.25) is 4.68 Å². The van der Waals surface area contributed by atoms with Crippen LogP contribution in [0.4, 0.5) is 0 Å². The lowest BCUT2D eigenvalue weighted by Crippen LogP contribution is -2.12. The van der Waals surface area contributed by atoms with Crippen molar-refractivity contribution in [1.82, 2.24) is 19.7 Å². The molecule has 0 radical (unpaired) electrons. The van der Waals surface area contributed by atoms with Crippen molar-refractivity contribution >= 4 is 5.97 Å². The first-order chi connectivity index (χ1) is 8.70. The van der Waals surface area contributed by atoms with Crippen LogP contribution in [0.1, 0.15) is 0 Å². The van der Waals surface area contributed by atoms with Crippen molar-refractivity contribution < 1.29 is 14.3 Å². The predicted molar refractivity (Wildman–Crippen MR) is 61.7 cm³/mol. The van der Waals surface area contributed by atoms with Crippen LogP contribution in [0.15, 0.2) is 24.8 Å². The normalized spacial score (nSPS) is 10.1. The average molecular weight is 248 g/mol. The Morgan fingerprint density at radius 3 is 2.78 bits per heavy atom. The molecule has 0 aliphatic heterocycles. The Balaban J connectivity index is 2.15. The molecule has 2 rings (SSSR count). The second-order valence-corrected chi connectivity index (χ2v) is 3.48. The van der Waals surface area contributed by atoms with E-state index in [0.717, 1.165) is 11.3 Å². The van der Waals surface area contributed by atoms with Crippen molar-refractivity contribution in [3.8, 4) is 17.1 Å². The second kappa shape index (κ2) is 5.26. The SMILES string of the molecule is COC(=O)COc1cc(-c2cncnc2)n(C)n1. The van der Waals surface area contributed by atoms with E-state index in [9.17, 15) is 4.79 Å². The van der Waals surface area contributed by atoms with E-state index in [1.54, 1.807) is 30.2 Å². The van der Waals surface area contributed by atoms with Crippen LogP contribution in [0.25, 0.3) is 11.3 Å². The van der Waals surface area contributed by atoms with Crippen molar-refractivity contribution in [1.29, 1.82) is 0 Å². The van der Waals surface area contributed by atoms with E-state index in [1.807, 2.05) is 0 Å². The molecule has 0 aliphatic rings. The fraction of sp³-hybridized carbons (Fsp3) is 0.273. The lowest BCUT2D eigenvalue weighted by Gasteiger charge is -1.99. The summed E-state index contributed by atoms with van der Waals surface area (Å²) in [6, 6.07) is 1.71. The van der Waals surface area contributed by atoms with Crippen molar-refractivity contribution in [3.63, 3.8) is 0 Å². The predicted octanol–water partition coefficient (Wildman–Crippen LogP) is 0.429. The van der Waals surface area contributed by atoms with Gasteiger partial charge in [-0.05, 0) is 0 Å². The van der Waals surface area contributed by atoms with E-state index in [4.69, 9.17) is 4.74 Å². The van der Waals surface area contributed by atoms with Crippen molar-refractivity contribution in [2.75, 3.05) is 13.7 Å². The number of esters is 1. The lowest BCUT2D eigenvalue weighted by molar-refractivity contribution is -0.143. The summed E-state index contributed by atoms with van der Waals surface area (Å²) in [5.74, 6) is -0.105. The van der Waals surface area contributed by atoms with Crippen molar-refractivity contribution in [3.05, 3.63) is 24.8 Å². The van der Waals surface area contributed by atoms with Crippen LogP contribution in [0, 0.1) is 0 Å². The smallest absolute Gasteiger partial charge is 0.343 e. The maximum absolute atomic E-state index is 10.9. The fourth-order valence-corrected chi connectivity index (χ4v) is 1.40. The molecule has 0 fully saturated rings. The van der Waals surface area contributed by atoms with Gasteiger partial charge in [0, 0.05) is 31.1 Å². The van der Waals surface area contributed by atoms with Crippen LogP contribution in [0.2, 0.25) is 0 Å². The number of methoxy groups -OCH3 is 1. The molecule has 2 heterocycles. The topological polar surface area (TPSA) is 79.1 Å². The standard InChI is InChI=1S/C11H12N4O3/c1-15-9(8-4-12-7-13-5-8)3-10(14-15)18-6-11(16)17-2/h3-5,7H,6H2,1-2H3. The first kappa shape index (κ1) is 12.0. The molecule has 0 spiro atoms. The molecule has 0 saturated heterocycles. The summed E-state index contributed by atoms with van der Waals surface area (Å²) in [7, 11) is 3.07. The average Bonchev–Trinajstić information content (AvgIpc) is 2.78. The number of hydrogen-bond donors (Lipinski definition) is 0. The van der Waals surface area contributed by atoms with Crippen molar-refractivity contribution in [2.45, 2.75) is 0 Å². The van der Waals surface area contributed by atoms with Crippen LogP contribution in [0.3, 0.4) is 0 Å². The highest BCUT2D eigenvalue weighted by atomic mass is 16.6. The number of nitrogens with zero attached hydrogens (tertiary/aromatic N) is 4. The van der Waals surface area contributed by atoms with Gasteiger partial charge in [-0.25, -0.2) is 14.8 Å². The third kappa shape index (κ3) is 2.62. The number of hydrogen-bond acceptors (Lipinski definition) is 6. The van der Waals surface area contributed by atoms with Crippen LogP contribution in [0.5, 0.6) is 5.88 Å². The third-order valence-electron chi connectivity index (χ3n) is 2.28. The van der Waals surface area contributed by atoms with Crippen LogP contribution < -0.4 is 4.74 Å². The van der Waals surface area contributed by atoms with Crippen molar-refractivity contribution in [2.24, 2.45) is 7.05 Å². The molecule has 0 amide bonds. The highest BCUT2D eigenvalue weighted by Gasteiger charge is 2.10. The van der Waals surface area contributed by atoms with E-state index in [-0.39, 0.29) is 6.61 Å². The molecule has 0 unspecified atom stereocenters. The van der Waals surface area contributed by atoms with Gasteiger partial charge < -0.3 is 9.47 Å². The quantitative estimate of drug-likeness (QED) is 0.730. The molecular formula is C11H12N4O3. The fourth-order valence-electron chi connectivity index (χ4n) is 1.40. The van der Waals surface area contributed by atoms with Crippen LogP contribution >= 0.6 is 0 Å². The molecule has 0 atom stereocenters. The minimum absolute atomic E-state index is 0.168. The number of rotatable bonds is 4. The Bertz CT molecular complexity index is 538. The van der Waals surface area contributed by atoms with Gasteiger partial charge in [0.05, 0.1) is 12.8 Å². The Morgan fingerprint density at radius 1 is 1.39 bits per heavy atom. The Kier molecular flexibility index (Phi) is 3.52. The van der Waals surface area contributed by atoms with E-state index >= 15 is 0 Å².